The Labute approximate surface area is 53.7 Å². The van der Waals surface area contributed by atoms with E-state index in [1.807, 2.05) is 0 Å². The normalized spacial score (nSPS) is 13.8. The molecule has 4 nitrogen and oxygen atoms in total. The zero-order valence-corrected chi connectivity index (χ0v) is 5.53. The molecule has 0 aliphatic rings. The lowest BCUT2D eigenvalue weighted by Gasteiger charge is -2.10. The Kier molecular flexibility index (Phi) is 3.19. The predicted octanol–water partition coefficient (Wildman–Crippen LogP) is -1.01. The number of hydrogen-bond donors (Lipinski definition) is 2. The van der Waals surface area contributed by atoms with Crippen molar-refractivity contribution in [1.29, 1.82) is 0 Å². The van der Waals surface area contributed by atoms with Crippen molar-refractivity contribution in [3.8, 4) is 0 Å². The molecule has 1 atom stereocenters. The van der Waals surface area contributed by atoms with Gasteiger partial charge in [-0.1, -0.05) is 0 Å². The van der Waals surface area contributed by atoms with Crippen LogP contribution in [0.2, 0.25) is 0 Å². The molecule has 4 heteroatoms. The number of hydrogen-bond acceptors (Lipinski definition) is 3. The lowest BCUT2D eigenvalue weighted by Crippen LogP contribution is -2.32. The van der Waals surface area contributed by atoms with Gasteiger partial charge in [0.1, 0.15) is 0 Å². The van der Waals surface area contributed by atoms with E-state index in [0.29, 0.717) is 0 Å². The molecule has 9 heavy (non-hydrogen) atoms. The first-order valence-electron chi connectivity index (χ1n) is 2.59. The van der Waals surface area contributed by atoms with Gasteiger partial charge in [-0.2, -0.15) is 0 Å². The van der Waals surface area contributed by atoms with Crippen LogP contribution in [-0.4, -0.2) is 47.8 Å². The largest absolute Gasteiger partial charge is 0.479 e. The summed E-state index contributed by atoms with van der Waals surface area (Å²) >= 11 is 0. The molecule has 0 heterocycles. The maximum atomic E-state index is 9.96. The number of aliphatic hydroxyl groups is 1. The summed E-state index contributed by atoms with van der Waals surface area (Å²) in [7, 11) is 3.40. The Morgan fingerprint density at radius 2 is 2.11 bits per heavy atom. The number of carboxylic acid groups (broad SMARTS) is 1. The van der Waals surface area contributed by atoms with Crippen LogP contribution in [0.5, 0.6) is 0 Å². The van der Waals surface area contributed by atoms with Crippen molar-refractivity contribution in [2.75, 3.05) is 20.6 Å². The van der Waals surface area contributed by atoms with E-state index < -0.39 is 12.1 Å². The molecule has 0 spiro atoms. The van der Waals surface area contributed by atoms with E-state index >= 15 is 0 Å². The minimum absolute atomic E-state index is 0.162. The summed E-state index contributed by atoms with van der Waals surface area (Å²) < 4.78 is 0. The SMILES string of the molecule is CN(C)C[C@H](O)C(=O)O. The molecule has 0 amide bonds. The summed E-state index contributed by atoms with van der Waals surface area (Å²) in [5.74, 6) is -1.18. The zero-order chi connectivity index (χ0) is 7.44. The molecule has 0 rings (SSSR count). The van der Waals surface area contributed by atoms with Gasteiger partial charge in [-0.25, -0.2) is 4.79 Å². The Hall–Kier alpha value is -0.610. The minimum Gasteiger partial charge on any atom is -0.479 e. The summed E-state index contributed by atoms with van der Waals surface area (Å²) in [5.41, 5.74) is 0. The monoisotopic (exact) mass is 133 g/mol. The fourth-order valence-electron chi connectivity index (χ4n) is 0.424. The van der Waals surface area contributed by atoms with E-state index in [9.17, 15) is 4.79 Å². The molecule has 0 aromatic heterocycles. The van der Waals surface area contributed by atoms with E-state index in [4.69, 9.17) is 10.2 Å². The van der Waals surface area contributed by atoms with Gasteiger partial charge in [0.05, 0.1) is 0 Å². The highest BCUT2D eigenvalue weighted by atomic mass is 16.4. The number of aliphatic hydroxyl groups excluding tert-OH is 1. The van der Waals surface area contributed by atoms with Crippen LogP contribution < -0.4 is 0 Å². The second kappa shape index (κ2) is 3.42. The van der Waals surface area contributed by atoms with Crippen molar-refractivity contribution in [2.45, 2.75) is 6.10 Å². The molecule has 0 aliphatic heterocycles. The third-order valence-corrected chi connectivity index (χ3v) is 0.823. The van der Waals surface area contributed by atoms with Gasteiger partial charge in [-0.15, -0.1) is 0 Å². The van der Waals surface area contributed by atoms with Gasteiger partial charge in [0.25, 0.3) is 0 Å². The summed E-state index contributed by atoms with van der Waals surface area (Å²) in [5, 5.41) is 16.8. The molecule has 0 aromatic carbocycles. The Morgan fingerprint density at radius 1 is 1.67 bits per heavy atom. The van der Waals surface area contributed by atoms with E-state index in [1.165, 1.54) is 0 Å². The van der Waals surface area contributed by atoms with Crippen molar-refractivity contribution in [3.05, 3.63) is 0 Å². The maximum absolute atomic E-state index is 9.96. The number of carbonyl (C=O) groups is 1. The highest BCUT2D eigenvalue weighted by Gasteiger charge is 2.12. The van der Waals surface area contributed by atoms with Gasteiger partial charge < -0.3 is 15.1 Å². The van der Waals surface area contributed by atoms with Crippen LogP contribution in [0.25, 0.3) is 0 Å². The maximum Gasteiger partial charge on any atom is 0.333 e. The van der Waals surface area contributed by atoms with Crippen LogP contribution in [0.1, 0.15) is 0 Å². The van der Waals surface area contributed by atoms with E-state index in [0.717, 1.165) is 0 Å². The average Bonchev–Trinajstić information content (AvgIpc) is 1.63. The van der Waals surface area contributed by atoms with Gasteiger partial charge in [0, 0.05) is 6.54 Å². The van der Waals surface area contributed by atoms with Crippen LogP contribution >= 0.6 is 0 Å². The van der Waals surface area contributed by atoms with Gasteiger partial charge >= 0.3 is 5.97 Å². The van der Waals surface area contributed by atoms with Crippen molar-refractivity contribution in [3.63, 3.8) is 0 Å². The van der Waals surface area contributed by atoms with E-state index in [2.05, 4.69) is 0 Å². The van der Waals surface area contributed by atoms with Gasteiger partial charge in [0.15, 0.2) is 6.10 Å². The Morgan fingerprint density at radius 3 is 2.22 bits per heavy atom. The lowest BCUT2D eigenvalue weighted by molar-refractivity contribution is -0.147. The standard InChI is InChI=1S/C5H11NO3/c1-6(2)3-4(7)5(8)9/h4,7H,3H2,1-2H3,(H,8,9)/t4-/m0/s1. The first-order valence-corrected chi connectivity index (χ1v) is 2.59. The molecule has 2 N–H and O–H groups in total. The second-order valence-corrected chi connectivity index (χ2v) is 2.12. The second-order valence-electron chi connectivity index (χ2n) is 2.12. The minimum atomic E-state index is -1.26. The van der Waals surface area contributed by atoms with Gasteiger partial charge in [0.2, 0.25) is 0 Å². The van der Waals surface area contributed by atoms with Crippen LogP contribution in [0, 0.1) is 0 Å². The topological polar surface area (TPSA) is 60.8 Å². The summed E-state index contributed by atoms with van der Waals surface area (Å²) in [4.78, 5) is 11.6. The molecule has 54 valence electrons. The molecule has 0 unspecified atom stereocenters. The van der Waals surface area contributed by atoms with Crippen molar-refractivity contribution < 1.29 is 15.0 Å². The summed E-state index contributed by atoms with van der Waals surface area (Å²) in [6.07, 6.45) is -1.26. The quantitative estimate of drug-likeness (QED) is 0.518. The smallest absolute Gasteiger partial charge is 0.333 e. The molecular formula is C5H11NO3. The van der Waals surface area contributed by atoms with Crippen molar-refractivity contribution in [2.24, 2.45) is 0 Å². The van der Waals surface area contributed by atoms with Gasteiger partial charge in [-0.3, -0.25) is 0 Å². The van der Waals surface area contributed by atoms with Crippen LogP contribution in [-0.2, 0) is 4.79 Å². The number of likely N-dealkylation sites (N-methyl/N-ethyl adjacent to an activating group) is 1. The first kappa shape index (κ1) is 8.39. The third-order valence-electron chi connectivity index (χ3n) is 0.823. The predicted molar refractivity (Wildman–Crippen MR) is 32.2 cm³/mol. The van der Waals surface area contributed by atoms with Crippen molar-refractivity contribution in [1.82, 2.24) is 4.90 Å². The number of aliphatic carboxylic acids is 1. The molecule has 0 saturated heterocycles. The van der Waals surface area contributed by atoms with E-state index in [1.54, 1.807) is 19.0 Å². The van der Waals surface area contributed by atoms with Crippen LogP contribution in [0.15, 0.2) is 0 Å². The molecule has 0 saturated carbocycles. The molecule has 0 aliphatic carbocycles. The Balaban J connectivity index is 3.50. The fourth-order valence-corrected chi connectivity index (χ4v) is 0.424. The third kappa shape index (κ3) is 3.93. The lowest BCUT2D eigenvalue weighted by atomic mass is 10.3. The summed E-state index contributed by atoms with van der Waals surface area (Å²) in [6.45, 7) is 0.162. The number of rotatable bonds is 3. The van der Waals surface area contributed by atoms with Crippen LogP contribution in [0.4, 0.5) is 0 Å². The molecule has 0 radical (unpaired) electrons. The highest BCUT2D eigenvalue weighted by molar-refractivity contribution is 5.72. The average molecular weight is 133 g/mol. The van der Waals surface area contributed by atoms with Gasteiger partial charge in [-0.05, 0) is 14.1 Å². The molecule has 0 fully saturated rings. The highest BCUT2D eigenvalue weighted by Crippen LogP contribution is 1.84. The fraction of sp³-hybridized carbons (Fsp3) is 0.800. The van der Waals surface area contributed by atoms with Crippen molar-refractivity contribution >= 4 is 5.97 Å². The summed E-state index contributed by atoms with van der Waals surface area (Å²) in [6, 6.07) is 0. The number of carboxylic acids is 1. The molecular weight excluding hydrogens is 122 g/mol. The number of nitrogens with zero attached hydrogens (tertiary/aromatic N) is 1. The zero-order valence-electron chi connectivity index (χ0n) is 5.53. The first-order chi connectivity index (χ1) is 4.04. The molecule has 0 aromatic rings. The van der Waals surface area contributed by atoms with Crippen LogP contribution in [0.3, 0.4) is 0 Å². The van der Waals surface area contributed by atoms with E-state index in [-0.39, 0.29) is 6.54 Å². The molecule has 0 bridgehead atoms. The Bertz CT molecular complexity index is 102.